The number of nitrogens with one attached hydrogen (secondary N) is 5. The van der Waals surface area contributed by atoms with Crippen LogP contribution in [0.15, 0.2) is 30.5 Å². The summed E-state index contributed by atoms with van der Waals surface area (Å²) in [6.45, 7) is 2.25. The number of carbonyl (C=O) groups is 4. The maximum Gasteiger partial charge on any atom is 0.326 e. The Morgan fingerprint density at radius 2 is 1.89 bits per heavy atom. The van der Waals surface area contributed by atoms with Crippen LogP contribution in [-0.2, 0) is 25.6 Å². The molecule has 3 amide bonds. The summed E-state index contributed by atoms with van der Waals surface area (Å²) in [5.41, 5.74) is 1.65. The van der Waals surface area contributed by atoms with Crippen molar-refractivity contribution in [3.05, 3.63) is 36.0 Å². The fourth-order valence-corrected chi connectivity index (χ4v) is 4.55. The van der Waals surface area contributed by atoms with Gasteiger partial charge in [-0.2, -0.15) is 11.8 Å². The van der Waals surface area contributed by atoms with Gasteiger partial charge in [-0.15, -0.1) is 0 Å². The first kappa shape index (κ1) is 26.6. The first-order valence-electron chi connectivity index (χ1n) is 11.7. The first-order valence-corrected chi connectivity index (χ1v) is 13.1. The van der Waals surface area contributed by atoms with Crippen molar-refractivity contribution in [1.29, 1.82) is 0 Å². The average molecular weight is 504 g/mol. The number of carboxylic acids is 1. The number of carbonyl (C=O) groups excluding carboxylic acids is 3. The van der Waals surface area contributed by atoms with Crippen molar-refractivity contribution in [2.24, 2.45) is 0 Å². The predicted molar refractivity (Wildman–Crippen MR) is 135 cm³/mol. The van der Waals surface area contributed by atoms with Gasteiger partial charge in [0, 0.05) is 23.5 Å². The zero-order chi connectivity index (χ0) is 25.4. The largest absolute Gasteiger partial charge is 0.480 e. The van der Waals surface area contributed by atoms with E-state index in [0.717, 1.165) is 29.4 Å². The van der Waals surface area contributed by atoms with Crippen LogP contribution in [0.2, 0.25) is 0 Å². The van der Waals surface area contributed by atoms with Gasteiger partial charge in [-0.25, -0.2) is 4.79 Å². The van der Waals surface area contributed by atoms with Crippen LogP contribution in [0.1, 0.15) is 31.7 Å². The summed E-state index contributed by atoms with van der Waals surface area (Å²) in [6.07, 6.45) is 5.76. The van der Waals surface area contributed by atoms with Crippen molar-refractivity contribution in [2.45, 2.75) is 56.8 Å². The number of thioether (sulfide) groups is 1. The van der Waals surface area contributed by atoms with Gasteiger partial charge in [0.15, 0.2) is 0 Å². The number of aliphatic carboxylic acids is 1. The number of hydrogen-bond acceptors (Lipinski definition) is 6. The summed E-state index contributed by atoms with van der Waals surface area (Å²) in [4.78, 5) is 53.1. The van der Waals surface area contributed by atoms with Crippen LogP contribution in [0.25, 0.3) is 10.9 Å². The minimum absolute atomic E-state index is 0.0898. The molecule has 3 rings (SSSR count). The molecule has 10 nitrogen and oxygen atoms in total. The number of para-hydroxylation sites is 1. The van der Waals surface area contributed by atoms with E-state index in [1.165, 1.54) is 6.92 Å². The Labute approximate surface area is 208 Å². The Hall–Kier alpha value is -3.05. The molecule has 0 saturated carbocycles. The Balaban J connectivity index is 1.59. The predicted octanol–water partition coefficient (Wildman–Crippen LogP) is 0.774. The van der Waals surface area contributed by atoms with E-state index in [1.807, 2.05) is 30.5 Å². The highest BCUT2D eigenvalue weighted by Gasteiger charge is 2.30. The number of benzene rings is 1. The lowest BCUT2D eigenvalue weighted by Crippen LogP contribution is -2.56. The van der Waals surface area contributed by atoms with Crippen molar-refractivity contribution in [3.63, 3.8) is 0 Å². The van der Waals surface area contributed by atoms with E-state index >= 15 is 0 Å². The number of H-pyrrole nitrogens is 1. The summed E-state index contributed by atoms with van der Waals surface area (Å²) < 4.78 is 0. The molecule has 190 valence electrons. The smallest absolute Gasteiger partial charge is 0.326 e. The number of rotatable bonds is 12. The summed E-state index contributed by atoms with van der Waals surface area (Å²) in [5, 5.41) is 21.6. The fourth-order valence-electron chi connectivity index (χ4n) is 4.08. The normalized spacial score (nSPS) is 17.9. The summed E-state index contributed by atoms with van der Waals surface area (Å²) in [7, 11) is 0. The van der Waals surface area contributed by atoms with Crippen LogP contribution < -0.4 is 21.3 Å². The van der Waals surface area contributed by atoms with Gasteiger partial charge in [-0.1, -0.05) is 18.2 Å². The second-order valence-electron chi connectivity index (χ2n) is 8.68. The van der Waals surface area contributed by atoms with E-state index in [2.05, 4.69) is 26.3 Å². The zero-order valence-electron chi connectivity index (χ0n) is 19.9. The Kier molecular flexibility index (Phi) is 9.55. The molecule has 11 heteroatoms. The molecule has 1 aliphatic heterocycles. The molecule has 1 aromatic heterocycles. The van der Waals surface area contributed by atoms with Crippen LogP contribution in [0.4, 0.5) is 0 Å². The highest BCUT2D eigenvalue weighted by molar-refractivity contribution is 7.98. The maximum atomic E-state index is 12.9. The number of aromatic nitrogens is 1. The van der Waals surface area contributed by atoms with Crippen LogP contribution in [0, 0.1) is 0 Å². The van der Waals surface area contributed by atoms with E-state index in [1.54, 1.807) is 18.0 Å². The van der Waals surface area contributed by atoms with E-state index in [4.69, 9.17) is 0 Å². The van der Waals surface area contributed by atoms with Crippen molar-refractivity contribution >= 4 is 46.4 Å². The van der Waals surface area contributed by atoms with Crippen LogP contribution >= 0.6 is 11.8 Å². The molecule has 0 radical (unpaired) electrons. The monoisotopic (exact) mass is 503 g/mol. The third-order valence-corrected chi connectivity index (χ3v) is 6.73. The van der Waals surface area contributed by atoms with E-state index in [-0.39, 0.29) is 18.4 Å². The molecular formula is C24H33N5O5S. The van der Waals surface area contributed by atoms with Crippen LogP contribution in [0.3, 0.4) is 0 Å². The van der Waals surface area contributed by atoms with Gasteiger partial charge in [0.2, 0.25) is 17.7 Å². The quantitative estimate of drug-likeness (QED) is 0.250. The summed E-state index contributed by atoms with van der Waals surface area (Å²) in [6, 6.07) is 4.26. The summed E-state index contributed by atoms with van der Waals surface area (Å²) >= 11 is 1.55. The molecule has 0 bridgehead atoms. The van der Waals surface area contributed by atoms with Crippen molar-refractivity contribution in [1.82, 2.24) is 26.3 Å². The first-order chi connectivity index (χ1) is 16.8. The fraction of sp³-hybridized carbons (Fsp3) is 0.500. The van der Waals surface area contributed by atoms with Crippen molar-refractivity contribution in [3.8, 4) is 0 Å². The molecule has 6 N–H and O–H groups in total. The lowest BCUT2D eigenvalue weighted by molar-refractivity contribution is -0.142. The Morgan fingerprint density at radius 1 is 1.11 bits per heavy atom. The van der Waals surface area contributed by atoms with Gasteiger partial charge < -0.3 is 31.4 Å². The molecule has 4 atom stereocenters. The molecule has 1 saturated heterocycles. The second kappa shape index (κ2) is 12.6. The molecular weight excluding hydrogens is 470 g/mol. The molecule has 2 heterocycles. The Bertz CT molecular complexity index is 1050. The van der Waals surface area contributed by atoms with Gasteiger partial charge in [0.25, 0.3) is 0 Å². The highest BCUT2D eigenvalue weighted by Crippen LogP contribution is 2.19. The SMILES string of the molecule is CSCCC(NC(=O)C1CCCN1)C(=O)NC(C)C(=O)NC(Cc1c[nH]c2ccccc12)C(=O)O. The number of aromatic amines is 1. The van der Waals surface area contributed by atoms with Crippen LogP contribution in [-0.4, -0.2) is 76.5 Å². The van der Waals surface area contributed by atoms with Crippen molar-refractivity contribution < 1.29 is 24.3 Å². The van der Waals surface area contributed by atoms with Crippen molar-refractivity contribution in [2.75, 3.05) is 18.6 Å². The number of fused-ring (bicyclic) bond motifs is 1. The van der Waals surface area contributed by atoms with Gasteiger partial charge in [-0.05, 0) is 56.4 Å². The molecule has 0 spiro atoms. The lowest BCUT2D eigenvalue weighted by atomic mass is 10.0. The topological polar surface area (TPSA) is 152 Å². The van der Waals surface area contributed by atoms with Gasteiger partial charge in [0.05, 0.1) is 6.04 Å². The van der Waals surface area contributed by atoms with Gasteiger partial charge >= 0.3 is 5.97 Å². The minimum atomic E-state index is -1.17. The summed E-state index contributed by atoms with van der Waals surface area (Å²) in [5.74, 6) is -1.83. The highest BCUT2D eigenvalue weighted by atomic mass is 32.2. The average Bonchev–Trinajstić information content (AvgIpc) is 3.51. The standard InChI is InChI=1S/C24H33N5O5S/c1-14(27-23(32)19(9-11-35-2)28-22(31)18-8-5-10-25-18)21(30)29-20(24(33)34)12-15-13-26-17-7-4-3-6-16(15)17/h3-4,6-7,13-14,18-20,25-26H,5,8-12H2,1-2H3,(H,27,32)(H,28,31)(H,29,30)(H,33,34). The zero-order valence-corrected chi connectivity index (χ0v) is 20.7. The van der Waals surface area contributed by atoms with Gasteiger partial charge in [0.1, 0.15) is 18.1 Å². The Morgan fingerprint density at radius 3 is 2.57 bits per heavy atom. The molecule has 35 heavy (non-hydrogen) atoms. The number of amides is 3. The van der Waals surface area contributed by atoms with E-state index < -0.39 is 35.9 Å². The van der Waals surface area contributed by atoms with E-state index in [0.29, 0.717) is 18.6 Å². The number of carboxylic acid groups (broad SMARTS) is 1. The molecule has 0 aliphatic carbocycles. The molecule has 4 unspecified atom stereocenters. The van der Waals surface area contributed by atoms with E-state index in [9.17, 15) is 24.3 Å². The van der Waals surface area contributed by atoms with Crippen LogP contribution in [0.5, 0.6) is 0 Å². The molecule has 1 aliphatic rings. The molecule has 2 aromatic rings. The third-order valence-electron chi connectivity index (χ3n) is 6.09. The lowest BCUT2D eigenvalue weighted by Gasteiger charge is -2.23. The van der Waals surface area contributed by atoms with Gasteiger partial charge in [-0.3, -0.25) is 14.4 Å². The maximum absolute atomic E-state index is 12.9. The second-order valence-corrected chi connectivity index (χ2v) is 9.67. The third kappa shape index (κ3) is 7.22. The minimum Gasteiger partial charge on any atom is -0.480 e. The number of hydrogen-bond donors (Lipinski definition) is 6. The molecule has 1 fully saturated rings. The molecule has 1 aromatic carbocycles.